The van der Waals surface area contributed by atoms with Crippen molar-refractivity contribution in [3.63, 3.8) is 0 Å². The number of phosphoric ester groups is 1. The standard InChI is InChI=1S/C42H82NO8P/c1-6-8-10-11-12-13-14-15-16-17-20-23-26-30-35-47-37-39(38-49-52(45,46)48-36-34-43(3,4)5)50-42(44)33-29-25-22-19-18-21-24-28-32-41-40(51-41)31-27-9-7-2/h24,28,39-41H,6-23,25-27,29-38H2,1-5H3/b28-24-. The summed E-state index contributed by atoms with van der Waals surface area (Å²) in [6.07, 6.45) is 35.3. The average molecular weight is 760 g/mol. The molecule has 1 saturated heterocycles. The molecule has 0 amide bonds. The first-order valence-electron chi connectivity index (χ1n) is 21.5. The molecule has 52 heavy (non-hydrogen) atoms. The highest BCUT2D eigenvalue weighted by Gasteiger charge is 2.36. The molecule has 0 radical (unpaired) electrons. The lowest BCUT2D eigenvalue weighted by atomic mass is 10.0. The molecule has 4 unspecified atom stereocenters. The van der Waals surface area contributed by atoms with E-state index < -0.39 is 13.9 Å². The van der Waals surface area contributed by atoms with Crippen molar-refractivity contribution in [3.8, 4) is 0 Å². The van der Waals surface area contributed by atoms with Crippen LogP contribution < -0.4 is 4.89 Å². The van der Waals surface area contributed by atoms with Crippen molar-refractivity contribution in [2.75, 3.05) is 54.1 Å². The second-order valence-electron chi connectivity index (χ2n) is 16.1. The van der Waals surface area contributed by atoms with Crippen molar-refractivity contribution in [2.45, 2.75) is 199 Å². The summed E-state index contributed by atoms with van der Waals surface area (Å²) in [4.78, 5) is 25.0. The third-order valence-electron chi connectivity index (χ3n) is 9.74. The molecule has 1 aliphatic heterocycles. The van der Waals surface area contributed by atoms with E-state index in [0.29, 0.717) is 36.3 Å². The van der Waals surface area contributed by atoms with Gasteiger partial charge >= 0.3 is 5.97 Å². The fraction of sp³-hybridized carbons (Fsp3) is 0.929. The van der Waals surface area contributed by atoms with E-state index in [1.54, 1.807) is 0 Å². The van der Waals surface area contributed by atoms with Gasteiger partial charge in [0.05, 0.1) is 46.6 Å². The SMILES string of the molecule is CCCCCCCCCCCCCCCCOCC(COP(=O)([O-])OCC[N+](C)(C)C)OC(=O)CCCCCCC/C=C\CC1OC1CCCCC. The van der Waals surface area contributed by atoms with Crippen LogP contribution in [0.1, 0.15) is 181 Å². The number of hydrogen-bond acceptors (Lipinski definition) is 8. The maximum atomic E-state index is 12.7. The first-order chi connectivity index (χ1) is 25.1. The molecular weight excluding hydrogens is 677 g/mol. The Kier molecular flexibility index (Phi) is 30.7. The van der Waals surface area contributed by atoms with Gasteiger partial charge in [0.25, 0.3) is 7.82 Å². The van der Waals surface area contributed by atoms with E-state index in [-0.39, 0.29) is 25.8 Å². The molecule has 0 aromatic rings. The van der Waals surface area contributed by atoms with E-state index >= 15 is 0 Å². The van der Waals surface area contributed by atoms with Gasteiger partial charge in [0.15, 0.2) is 0 Å². The van der Waals surface area contributed by atoms with E-state index in [9.17, 15) is 14.3 Å². The number of epoxide rings is 1. The van der Waals surface area contributed by atoms with Gasteiger partial charge in [-0.05, 0) is 38.5 Å². The number of likely N-dealkylation sites (N-methyl/N-ethyl adjacent to an activating group) is 1. The molecule has 308 valence electrons. The fourth-order valence-corrected chi connectivity index (χ4v) is 6.99. The summed E-state index contributed by atoms with van der Waals surface area (Å²) in [6, 6.07) is 0. The Bertz CT molecular complexity index is 911. The molecule has 1 fully saturated rings. The summed E-state index contributed by atoms with van der Waals surface area (Å²) in [5, 5.41) is 0. The summed E-state index contributed by atoms with van der Waals surface area (Å²) >= 11 is 0. The van der Waals surface area contributed by atoms with Crippen LogP contribution in [-0.4, -0.2) is 82.9 Å². The van der Waals surface area contributed by atoms with Crippen LogP contribution in [-0.2, 0) is 32.6 Å². The van der Waals surface area contributed by atoms with Crippen LogP contribution in [0.2, 0.25) is 0 Å². The lowest BCUT2D eigenvalue weighted by molar-refractivity contribution is -0.870. The number of phosphoric acid groups is 1. The van der Waals surface area contributed by atoms with Crippen molar-refractivity contribution in [2.24, 2.45) is 0 Å². The van der Waals surface area contributed by atoms with E-state index in [2.05, 4.69) is 26.0 Å². The minimum absolute atomic E-state index is 0.0235. The Balaban J connectivity index is 2.22. The van der Waals surface area contributed by atoms with E-state index in [0.717, 1.165) is 57.8 Å². The van der Waals surface area contributed by atoms with Crippen molar-refractivity contribution < 1.29 is 42.0 Å². The van der Waals surface area contributed by atoms with Crippen LogP contribution in [0.25, 0.3) is 0 Å². The number of allylic oxidation sites excluding steroid dienone is 1. The predicted molar refractivity (Wildman–Crippen MR) is 212 cm³/mol. The van der Waals surface area contributed by atoms with E-state index in [1.807, 2.05) is 21.1 Å². The monoisotopic (exact) mass is 760 g/mol. The van der Waals surface area contributed by atoms with Gasteiger partial charge in [-0.3, -0.25) is 9.36 Å². The molecule has 0 bridgehead atoms. The normalized spacial score (nSPS) is 17.8. The second kappa shape index (κ2) is 32.4. The summed E-state index contributed by atoms with van der Waals surface area (Å²) in [6.45, 7) is 5.38. The second-order valence-corrected chi connectivity index (χ2v) is 17.5. The third-order valence-corrected chi connectivity index (χ3v) is 10.7. The molecular formula is C42H82NO8P. The van der Waals surface area contributed by atoms with Crippen LogP contribution in [0.15, 0.2) is 12.2 Å². The average Bonchev–Trinajstić information content (AvgIpc) is 3.84. The number of quaternary nitrogens is 1. The van der Waals surface area contributed by atoms with Crippen LogP contribution in [0.3, 0.4) is 0 Å². The Morgan fingerprint density at radius 3 is 1.87 bits per heavy atom. The van der Waals surface area contributed by atoms with Crippen LogP contribution in [0.4, 0.5) is 0 Å². The minimum Gasteiger partial charge on any atom is -0.756 e. The Hall–Kier alpha value is -0.800. The van der Waals surface area contributed by atoms with Crippen molar-refractivity contribution in [3.05, 3.63) is 12.2 Å². The van der Waals surface area contributed by atoms with Gasteiger partial charge in [0, 0.05) is 13.0 Å². The molecule has 1 heterocycles. The number of carbonyl (C=O) groups is 1. The number of esters is 1. The lowest BCUT2D eigenvalue weighted by Crippen LogP contribution is -2.37. The first-order valence-corrected chi connectivity index (χ1v) is 23.0. The molecule has 0 saturated carbocycles. The highest BCUT2D eigenvalue weighted by atomic mass is 31.2. The highest BCUT2D eigenvalue weighted by molar-refractivity contribution is 7.45. The molecule has 0 spiro atoms. The van der Waals surface area contributed by atoms with Gasteiger partial charge in [-0.2, -0.15) is 0 Å². The van der Waals surface area contributed by atoms with Gasteiger partial charge < -0.3 is 32.6 Å². The Labute approximate surface area is 320 Å². The molecule has 1 rings (SSSR count). The Morgan fingerprint density at radius 1 is 0.692 bits per heavy atom. The molecule has 1 aliphatic rings. The Morgan fingerprint density at radius 2 is 1.25 bits per heavy atom. The zero-order valence-electron chi connectivity index (χ0n) is 34.5. The third kappa shape index (κ3) is 32.6. The summed E-state index contributed by atoms with van der Waals surface area (Å²) in [7, 11) is 1.35. The van der Waals surface area contributed by atoms with Gasteiger partial charge in [0.1, 0.15) is 19.3 Å². The van der Waals surface area contributed by atoms with Crippen molar-refractivity contribution in [1.29, 1.82) is 0 Å². The number of nitrogens with zero attached hydrogens (tertiary/aromatic N) is 1. The van der Waals surface area contributed by atoms with Gasteiger partial charge in [-0.15, -0.1) is 0 Å². The maximum absolute atomic E-state index is 12.7. The van der Waals surface area contributed by atoms with Crippen molar-refractivity contribution in [1.82, 2.24) is 0 Å². The summed E-state index contributed by atoms with van der Waals surface area (Å²) in [5.41, 5.74) is 0. The topological polar surface area (TPSA) is 107 Å². The number of unbranched alkanes of at least 4 members (excludes halogenated alkanes) is 20. The predicted octanol–water partition coefficient (Wildman–Crippen LogP) is 10.6. The van der Waals surface area contributed by atoms with Gasteiger partial charge in [-0.1, -0.05) is 148 Å². The number of carbonyl (C=O) groups excluding carboxylic acids is 1. The van der Waals surface area contributed by atoms with Gasteiger partial charge in [-0.25, -0.2) is 0 Å². The molecule has 9 nitrogen and oxygen atoms in total. The van der Waals surface area contributed by atoms with E-state index in [1.165, 1.54) is 103 Å². The van der Waals surface area contributed by atoms with Crippen molar-refractivity contribution >= 4 is 13.8 Å². The fourth-order valence-electron chi connectivity index (χ4n) is 6.26. The quantitative estimate of drug-likeness (QED) is 0.0152. The molecule has 0 aliphatic carbocycles. The smallest absolute Gasteiger partial charge is 0.306 e. The van der Waals surface area contributed by atoms with Crippen LogP contribution in [0.5, 0.6) is 0 Å². The molecule has 0 N–H and O–H groups in total. The summed E-state index contributed by atoms with van der Waals surface area (Å²) < 4.78 is 40.3. The molecule has 4 atom stereocenters. The highest BCUT2D eigenvalue weighted by Crippen LogP contribution is 2.38. The number of hydrogen-bond donors (Lipinski definition) is 0. The van der Waals surface area contributed by atoms with E-state index in [4.69, 9.17) is 23.3 Å². The number of rotatable bonds is 39. The molecule has 10 heteroatoms. The maximum Gasteiger partial charge on any atom is 0.306 e. The lowest BCUT2D eigenvalue weighted by Gasteiger charge is -2.28. The first kappa shape index (κ1) is 49.2. The van der Waals surface area contributed by atoms with Crippen LogP contribution in [0, 0.1) is 0 Å². The van der Waals surface area contributed by atoms with Crippen LogP contribution >= 0.6 is 7.82 Å². The summed E-state index contributed by atoms with van der Waals surface area (Å²) in [5.74, 6) is -0.349. The minimum atomic E-state index is -4.52. The number of ether oxygens (including phenoxy) is 3. The molecule has 0 aromatic carbocycles. The van der Waals surface area contributed by atoms with Gasteiger partial charge in [0.2, 0.25) is 0 Å². The zero-order valence-corrected chi connectivity index (χ0v) is 35.4. The largest absolute Gasteiger partial charge is 0.756 e. The molecule has 0 aromatic heterocycles. The zero-order chi connectivity index (χ0) is 38.2.